The summed E-state index contributed by atoms with van der Waals surface area (Å²) in [6.07, 6.45) is 0.0338. The molecule has 0 atom stereocenters. The predicted octanol–water partition coefficient (Wildman–Crippen LogP) is 2.75. The number of nitrogens with one attached hydrogen (secondary N) is 2. The number of hydrazine groups is 1. The Morgan fingerprint density at radius 1 is 0.846 bits per heavy atom. The summed E-state index contributed by atoms with van der Waals surface area (Å²) in [5.41, 5.74) is 5.23. The van der Waals surface area contributed by atoms with E-state index in [-0.39, 0.29) is 18.8 Å². The van der Waals surface area contributed by atoms with Gasteiger partial charge in [-0.3, -0.25) is 20.4 Å². The summed E-state index contributed by atoms with van der Waals surface area (Å²) in [5, 5.41) is 2.09. The molecule has 0 aliphatic heterocycles. The highest BCUT2D eigenvalue weighted by Gasteiger charge is 2.07. The van der Waals surface area contributed by atoms with E-state index in [9.17, 15) is 14.0 Å². The molecule has 0 aromatic heterocycles. The molecule has 0 heterocycles. The van der Waals surface area contributed by atoms with Crippen molar-refractivity contribution in [1.29, 1.82) is 0 Å². The quantitative estimate of drug-likeness (QED) is 0.694. The molecule has 3 aromatic rings. The molecular weight excluding hydrogens is 335 g/mol. The molecule has 5 nitrogen and oxygen atoms in total. The summed E-state index contributed by atoms with van der Waals surface area (Å²) >= 11 is 0. The third kappa shape index (κ3) is 4.80. The first kappa shape index (κ1) is 17.4. The standard InChI is InChI=1S/C20H17FN2O3/c21-17-8-5-14(6-9-17)11-19(24)22-23-20(25)13-26-18-10-7-15-3-1-2-4-16(15)12-18/h1-10,12H,11,13H2,(H,22,24)(H,23,25). The molecule has 0 bridgehead atoms. The maximum atomic E-state index is 12.8. The van der Waals surface area contributed by atoms with Crippen molar-refractivity contribution in [3.63, 3.8) is 0 Å². The molecule has 2 amide bonds. The lowest BCUT2D eigenvalue weighted by Gasteiger charge is -2.09. The van der Waals surface area contributed by atoms with Crippen molar-refractivity contribution in [3.8, 4) is 5.75 Å². The van der Waals surface area contributed by atoms with Gasteiger partial charge in [-0.15, -0.1) is 0 Å². The van der Waals surface area contributed by atoms with Crippen LogP contribution in [0.25, 0.3) is 10.8 Å². The SMILES string of the molecule is O=C(COc1ccc2ccccc2c1)NNC(=O)Cc1ccc(F)cc1. The highest BCUT2D eigenvalue weighted by atomic mass is 19.1. The number of amides is 2. The van der Waals surface area contributed by atoms with Crippen LogP contribution in [0.4, 0.5) is 4.39 Å². The van der Waals surface area contributed by atoms with Crippen LogP contribution in [0.1, 0.15) is 5.56 Å². The lowest BCUT2D eigenvalue weighted by molar-refractivity contribution is -0.129. The van der Waals surface area contributed by atoms with Gasteiger partial charge in [0.2, 0.25) is 5.91 Å². The summed E-state index contributed by atoms with van der Waals surface area (Å²) in [6.45, 7) is -0.227. The molecule has 0 aliphatic rings. The van der Waals surface area contributed by atoms with Crippen molar-refractivity contribution in [3.05, 3.63) is 78.1 Å². The topological polar surface area (TPSA) is 67.4 Å². The van der Waals surface area contributed by atoms with Crippen LogP contribution in [0.2, 0.25) is 0 Å². The molecule has 3 rings (SSSR count). The summed E-state index contributed by atoms with van der Waals surface area (Å²) in [7, 11) is 0. The second-order valence-corrected chi connectivity index (χ2v) is 5.70. The van der Waals surface area contributed by atoms with Gasteiger partial charge in [-0.05, 0) is 40.6 Å². The lowest BCUT2D eigenvalue weighted by atomic mass is 10.1. The van der Waals surface area contributed by atoms with Gasteiger partial charge in [0, 0.05) is 0 Å². The second-order valence-electron chi connectivity index (χ2n) is 5.70. The zero-order valence-corrected chi connectivity index (χ0v) is 13.9. The first-order valence-corrected chi connectivity index (χ1v) is 8.04. The molecule has 6 heteroatoms. The number of halogens is 1. The van der Waals surface area contributed by atoms with Crippen LogP contribution in [0, 0.1) is 5.82 Å². The van der Waals surface area contributed by atoms with Crippen LogP contribution in [0.3, 0.4) is 0 Å². The van der Waals surface area contributed by atoms with Crippen molar-refractivity contribution >= 4 is 22.6 Å². The second kappa shape index (κ2) is 8.11. The minimum Gasteiger partial charge on any atom is -0.484 e. The molecule has 132 valence electrons. The number of fused-ring (bicyclic) bond motifs is 1. The fourth-order valence-corrected chi connectivity index (χ4v) is 2.41. The van der Waals surface area contributed by atoms with E-state index in [1.54, 1.807) is 6.07 Å². The van der Waals surface area contributed by atoms with Crippen molar-refractivity contribution in [2.45, 2.75) is 6.42 Å². The Balaban J connectivity index is 1.44. The van der Waals surface area contributed by atoms with Gasteiger partial charge in [0.25, 0.3) is 5.91 Å². The van der Waals surface area contributed by atoms with E-state index >= 15 is 0 Å². The third-order valence-electron chi connectivity index (χ3n) is 3.71. The van der Waals surface area contributed by atoms with Gasteiger partial charge in [0.05, 0.1) is 6.42 Å². The number of ether oxygens (including phenoxy) is 1. The fourth-order valence-electron chi connectivity index (χ4n) is 2.41. The number of benzene rings is 3. The van der Waals surface area contributed by atoms with E-state index in [2.05, 4.69) is 10.9 Å². The van der Waals surface area contributed by atoms with Crippen LogP contribution in [0.5, 0.6) is 5.75 Å². The minimum atomic E-state index is -0.481. The predicted molar refractivity (Wildman–Crippen MR) is 95.8 cm³/mol. The molecular formula is C20H17FN2O3. The maximum absolute atomic E-state index is 12.8. The van der Waals surface area contributed by atoms with Gasteiger partial charge in [0.1, 0.15) is 11.6 Å². The van der Waals surface area contributed by atoms with E-state index in [0.29, 0.717) is 11.3 Å². The van der Waals surface area contributed by atoms with Crippen molar-refractivity contribution < 1.29 is 18.7 Å². The number of rotatable bonds is 5. The molecule has 3 aromatic carbocycles. The van der Waals surface area contributed by atoms with Gasteiger partial charge in [-0.2, -0.15) is 0 Å². The average molecular weight is 352 g/mol. The molecule has 0 saturated heterocycles. The van der Waals surface area contributed by atoms with Crippen LogP contribution in [-0.4, -0.2) is 18.4 Å². The minimum absolute atomic E-state index is 0.0338. The largest absolute Gasteiger partial charge is 0.484 e. The number of carbonyl (C=O) groups is 2. The summed E-state index contributed by atoms with van der Waals surface area (Å²) in [4.78, 5) is 23.5. The third-order valence-corrected chi connectivity index (χ3v) is 3.71. The average Bonchev–Trinajstić information content (AvgIpc) is 2.66. The molecule has 26 heavy (non-hydrogen) atoms. The van der Waals surface area contributed by atoms with Gasteiger partial charge in [-0.25, -0.2) is 4.39 Å². The first-order valence-electron chi connectivity index (χ1n) is 8.04. The Morgan fingerprint density at radius 3 is 2.31 bits per heavy atom. The normalized spacial score (nSPS) is 10.3. The zero-order chi connectivity index (χ0) is 18.4. The Labute approximate surface area is 149 Å². The van der Waals surface area contributed by atoms with E-state index in [0.717, 1.165) is 10.8 Å². The first-order chi connectivity index (χ1) is 12.6. The monoisotopic (exact) mass is 352 g/mol. The molecule has 0 radical (unpaired) electrons. The van der Waals surface area contributed by atoms with E-state index in [4.69, 9.17) is 4.74 Å². The van der Waals surface area contributed by atoms with Crippen molar-refractivity contribution in [1.82, 2.24) is 10.9 Å². The smallest absolute Gasteiger partial charge is 0.276 e. The molecule has 2 N–H and O–H groups in total. The van der Waals surface area contributed by atoms with E-state index in [1.165, 1.54) is 24.3 Å². The van der Waals surface area contributed by atoms with Gasteiger partial charge in [-0.1, -0.05) is 42.5 Å². The number of hydrogen-bond donors (Lipinski definition) is 2. The molecule has 0 saturated carbocycles. The summed E-state index contributed by atoms with van der Waals surface area (Å²) < 4.78 is 18.3. The lowest BCUT2D eigenvalue weighted by Crippen LogP contribution is -2.44. The Bertz CT molecular complexity index is 926. The summed E-state index contributed by atoms with van der Waals surface area (Å²) in [5.74, 6) is -0.689. The van der Waals surface area contributed by atoms with Crippen LogP contribution >= 0.6 is 0 Å². The molecule has 0 spiro atoms. The van der Waals surface area contributed by atoms with Crippen LogP contribution < -0.4 is 15.6 Å². The van der Waals surface area contributed by atoms with E-state index in [1.807, 2.05) is 36.4 Å². The molecule has 0 unspecified atom stereocenters. The molecule has 0 aliphatic carbocycles. The number of hydrogen-bond acceptors (Lipinski definition) is 3. The van der Waals surface area contributed by atoms with Crippen molar-refractivity contribution in [2.24, 2.45) is 0 Å². The summed E-state index contributed by atoms with van der Waals surface area (Å²) in [6, 6.07) is 18.9. The zero-order valence-electron chi connectivity index (χ0n) is 13.9. The fraction of sp³-hybridized carbons (Fsp3) is 0.100. The van der Waals surface area contributed by atoms with Crippen molar-refractivity contribution in [2.75, 3.05) is 6.61 Å². The Hall–Kier alpha value is -3.41. The molecule has 0 fully saturated rings. The number of carbonyl (C=O) groups excluding carboxylic acids is 2. The Kier molecular flexibility index (Phi) is 5.43. The maximum Gasteiger partial charge on any atom is 0.276 e. The highest BCUT2D eigenvalue weighted by molar-refractivity contribution is 5.85. The van der Waals surface area contributed by atoms with Crippen LogP contribution in [0.15, 0.2) is 66.7 Å². The van der Waals surface area contributed by atoms with Crippen LogP contribution in [-0.2, 0) is 16.0 Å². The van der Waals surface area contributed by atoms with Gasteiger partial charge >= 0.3 is 0 Å². The Morgan fingerprint density at radius 2 is 1.54 bits per heavy atom. The van der Waals surface area contributed by atoms with E-state index < -0.39 is 11.8 Å². The van der Waals surface area contributed by atoms with Gasteiger partial charge < -0.3 is 4.74 Å². The van der Waals surface area contributed by atoms with Gasteiger partial charge in [0.15, 0.2) is 6.61 Å². The highest BCUT2D eigenvalue weighted by Crippen LogP contribution is 2.20.